The van der Waals surface area contributed by atoms with E-state index >= 15 is 0 Å². The molecule has 0 aromatic rings. The highest BCUT2D eigenvalue weighted by Gasteiger charge is 2.17. The van der Waals surface area contributed by atoms with E-state index in [-0.39, 0.29) is 12.1 Å². The van der Waals surface area contributed by atoms with E-state index in [0.717, 1.165) is 25.9 Å². The molecule has 34 heavy (non-hydrogen) atoms. The minimum absolute atomic E-state index is 0.0867. The van der Waals surface area contributed by atoms with Crippen LogP contribution in [-0.2, 0) is 28.5 Å². The maximum atomic E-state index is 11.8. The zero-order chi connectivity index (χ0) is 24.4. The molecule has 1 saturated carbocycles. The Bertz CT molecular complexity index is 425. The van der Waals surface area contributed by atoms with Gasteiger partial charge in [-0.05, 0) is 38.5 Å². The van der Waals surface area contributed by atoms with E-state index in [1.165, 1.54) is 77.0 Å². The summed E-state index contributed by atoms with van der Waals surface area (Å²) >= 11 is 0. The molecule has 0 N–H and O–H groups in total. The third-order valence-corrected chi connectivity index (χ3v) is 6.28. The van der Waals surface area contributed by atoms with Gasteiger partial charge >= 0.3 is 5.97 Å². The van der Waals surface area contributed by atoms with Crippen molar-refractivity contribution in [3.8, 4) is 0 Å². The first kappa shape index (κ1) is 31.3. The Kier molecular flexibility index (Phi) is 23.4. The van der Waals surface area contributed by atoms with Crippen molar-refractivity contribution < 1.29 is 28.5 Å². The largest absolute Gasteiger partial charge is 0.462 e. The lowest BCUT2D eigenvalue weighted by molar-refractivity contribution is -0.150. The van der Waals surface area contributed by atoms with Gasteiger partial charge in [-0.25, -0.2) is 0 Å². The maximum absolute atomic E-state index is 11.8. The standard InChI is InChI=1S/C28H54O6/c1-2-3-4-5-6-7-8-9-10-14-19-30-21-23-32-25-26-33-24-22-31-20-15-18-28(29)34-27-16-12-11-13-17-27/h27H,2-26H2,1H3. The summed E-state index contributed by atoms with van der Waals surface area (Å²) < 4.78 is 27.7. The topological polar surface area (TPSA) is 63.2 Å². The van der Waals surface area contributed by atoms with Gasteiger partial charge in [-0.2, -0.15) is 0 Å². The van der Waals surface area contributed by atoms with Gasteiger partial charge in [0.1, 0.15) is 6.10 Å². The molecule has 6 heteroatoms. The summed E-state index contributed by atoms with van der Waals surface area (Å²) in [4.78, 5) is 11.8. The predicted octanol–water partition coefficient (Wildman–Crippen LogP) is 6.63. The summed E-state index contributed by atoms with van der Waals surface area (Å²) in [5, 5.41) is 0. The normalized spacial score (nSPS) is 14.5. The number of carbonyl (C=O) groups is 1. The summed E-state index contributed by atoms with van der Waals surface area (Å²) in [5.41, 5.74) is 0. The number of unbranched alkanes of at least 4 members (excludes halogenated alkanes) is 9. The van der Waals surface area contributed by atoms with E-state index in [1.54, 1.807) is 0 Å². The van der Waals surface area contributed by atoms with E-state index in [4.69, 9.17) is 23.7 Å². The van der Waals surface area contributed by atoms with Crippen molar-refractivity contribution in [3.05, 3.63) is 0 Å². The molecular weight excluding hydrogens is 432 g/mol. The van der Waals surface area contributed by atoms with Gasteiger partial charge in [0.2, 0.25) is 0 Å². The van der Waals surface area contributed by atoms with Crippen molar-refractivity contribution in [2.24, 2.45) is 0 Å². The third-order valence-electron chi connectivity index (χ3n) is 6.28. The molecule has 0 spiro atoms. The molecule has 202 valence electrons. The molecule has 0 saturated heterocycles. The fourth-order valence-corrected chi connectivity index (χ4v) is 4.20. The van der Waals surface area contributed by atoms with Crippen molar-refractivity contribution in [1.82, 2.24) is 0 Å². The summed E-state index contributed by atoms with van der Waals surface area (Å²) in [6.07, 6.45) is 20.4. The highest BCUT2D eigenvalue weighted by atomic mass is 16.6. The molecule has 0 amide bonds. The zero-order valence-corrected chi connectivity index (χ0v) is 22.2. The van der Waals surface area contributed by atoms with Gasteiger partial charge in [0.15, 0.2) is 0 Å². The molecule has 0 aromatic carbocycles. The lowest BCUT2D eigenvalue weighted by atomic mass is 9.98. The van der Waals surface area contributed by atoms with Gasteiger partial charge in [-0.15, -0.1) is 0 Å². The van der Waals surface area contributed by atoms with E-state index in [2.05, 4.69) is 6.92 Å². The van der Waals surface area contributed by atoms with Crippen molar-refractivity contribution in [3.63, 3.8) is 0 Å². The molecule has 0 bridgehead atoms. The van der Waals surface area contributed by atoms with E-state index in [9.17, 15) is 4.79 Å². The van der Waals surface area contributed by atoms with Gasteiger partial charge in [0, 0.05) is 19.6 Å². The van der Waals surface area contributed by atoms with Crippen LogP contribution in [-0.4, -0.2) is 64.9 Å². The maximum Gasteiger partial charge on any atom is 0.306 e. The second-order valence-electron chi connectivity index (χ2n) is 9.48. The molecule has 0 atom stereocenters. The van der Waals surface area contributed by atoms with Crippen molar-refractivity contribution in [2.45, 2.75) is 122 Å². The average Bonchev–Trinajstić information content (AvgIpc) is 2.85. The van der Waals surface area contributed by atoms with Gasteiger partial charge < -0.3 is 23.7 Å². The lowest BCUT2D eigenvalue weighted by Crippen LogP contribution is -2.21. The molecule has 0 unspecified atom stereocenters. The molecule has 0 aliphatic heterocycles. The Morgan fingerprint density at radius 1 is 0.559 bits per heavy atom. The van der Waals surface area contributed by atoms with Crippen LogP contribution in [0.15, 0.2) is 0 Å². The van der Waals surface area contributed by atoms with E-state index in [0.29, 0.717) is 59.1 Å². The van der Waals surface area contributed by atoms with Crippen LogP contribution < -0.4 is 0 Å². The van der Waals surface area contributed by atoms with Crippen LogP contribution in [0.3, 0.4) is 0 Å². The zero-order valence-electron chi connectivity index (χ0n) is 22.2. The average molecular weight is 487 g/mol. The minimum atomic E-state index is -0.0867. The minimum Gasteiger partial charge on any atom is -0.462 e. The molecule has 1 fully saturated rings. The van der Waals surface area contributed by atoms with Crippen LogP contribution in [0.2, 0.25) is 0 Å². The Morgan fingerprint density at radius 2 is 1.00 bits per heavy atom. The van der Waals surface area contributed by atoms with Gasteiger partial charge in [0.25, 0.3) is 0 Å². The molecule has 0 aromatic heterocycles. The van der Waals surface area contributed by atoms with Crippen LogP contribution in [0.25, 0.3) is 0 Å². The molecule has 1 rings (SSSR count). The number of rotatable bonds is 25. The van der Waals surface area contributed by atoms with Crippen LogP contribution in [0.1, 0.15) is 116 Å². The molecule has 6 nitrogen and oxygen atoms in total. The summed E-state index contributed by atoms with van der Waals surface area (Å²) in [6, 6.07) is 0. The monoisotopic (exact) mass is 486 g/mol. The van der Waals surface area contributed by atoms with Crippen LogP contribution in [0.5, 0.6) is 0 Å². The van der Waals surface area contributed by atoms with Crippen molar-refractivity contribution in [2.75, 3.05) is 52.9 Å². The first-order chi connectivity index (χ1) is 16.8. The fraction of sp³-hybridized carbons (Fsp3) is 0.964. The summed E-state index contributed by atoms with van der Waals surface area (Å²) in [6.45, 7) is 7.18. The van der Waals surface area contributed by atoms with Gasteiger partial charge in [0.05, 0.1) is 39.6 Å². The van der Waals surface area contributed by atoms with E-state index in [1.807, 2.05) is 0 Å². The molecule has 1 aliphatic carbocycles. The molecule has 1 aliphatic rings. The number of ether oxygens (including phenoxy) is 5. The second kappa shape index (κ2) is 25.4. The summed E-state index contributed by atoms with van der Waals surface area (Å²) in [7, 11) is 0. The van der Waals surface area contributed by atoms with Gasteiger partial charge in [-0.3, -0.25) is 4.79 Å². The molecular formula is C28H54O6. The van der Waals surface area contributed by atoms with Crippen molar-refractivity contribution in [1.29, 1.82) is 0 Å². The first-order valence-corrected chi connectivity index (χ1v) is 14.3. The smallest absolute Gasteiger partial charge is 0.306 e. The summed E-state index contributed by atoms with van der Waals surface area (Å²) in [5.74, 6) is -0.0867. The lowest BCUT2D eigenvalue weighted by Gasteiger charge is -2.21. The molecule has 0 heterocycles. The SMILES string of the molecule is CCCCCCCCCCCCOCCOCCOCCOCCCC(=O)OC1CCCCC1. The number of esters is 1. The highest BCUT2D eigenvalue weighted by Crippen LogP contribution is 2.20. The van der Waals surface area contributed by atoms with Crippen molar-refractivity contribution >= 4 is 5.97 Å². The van der Waals surface area contributed by atoms with Crippen LogP contribution >= 0.6 is 0 Å². The number of hydrogen-bond acceptors (Lipinski definition) is 6. The fourth-order valence-electron chi connectivity index (χ4n) is 4.20. The predicted molar refractivity (Wildman–Crippen MR) is 137 cm³/mol. The Morgan fingerprint density at radius 3 is 1.53 bits per heavy atom. The highest BCUT2D eigenvalue weighted by molar-refractivity contribution is 5.69. The number of hydrogen-bond donors (Lipinski definition) is 0. The second-order valence-corrected chi connectivity index (χ2v) is 9.48. The Hall–Kier alpha value is -0.690. The Labute approximate surface area is 209 Å². The first-order valence-electron chi connectivity index (χ1n) is 14.3. The third kappa shape index (κ3) is 21.8. The quantitative estimate of drug-likeness (QED) is 0.107. The number of carbonyl (C=O) groups excluding carboxylic acids is 1. The van der Waals surface area contributed by atoms with E-state index < -0.39 is 0 Å². The molecule has 0 radical (unpaired) electrons. The van der Waals surface area contributed by atoms with Gasteiger partial charge in [-0.1, -0.05) is 71.1 Å². The Balaban J connectivity index is 1.66. The van der Waals surface area contributed by atoms with Crippen LogP contribution in [0.4, 0.5) is 0 Å². The van der Waals surface area contributed by atoms with Crippen LogP contribution in [0, 0.1) is 0 Å².